The fourth-order valence-corrected chi connectivity index (χ4v) is 1.16. The fourth-order valence-electron chi connectivity index (χ4n) is 1.16. The first-order chi connectivity index (χ1) is 7.04. The lowest BCUT2D eigenvalue weighted by atomic mass is 10.1. The van der Waals surface area contributed by atoms with Crippen molar-refractivity contribution in [3.8, 4) is 0 Å². The highest BCUT2D eigenvalue weighted by Crippen LogP contribution is 2.09. The lowest BCUT2D eigenvalue weighted by Gasteiger charge is -2.07. The summed E-state index contributed by atoms with van der Waals surface area (Å²) >= 11 is 0. The number of hydrogen-bond donors (Lipinski definition) is 1. The van der Waals surface area contributed by atoms with Gasteiger partial charge >= 0.3 is 5.97 Å². The van der Waals surface area contributed by atoms with Gasteiger partial charge in [0.2, 0.25) is 5.91 Å². The molecule has 2 N–H and O–H groups in total. The van der Waals surface area contributed by atoms with Gasteiger partial charge in [0.1, 0.15) is 0 Å². The Morgan fingerprint density at radius 3 is 2.27 bits per heavy atom. The van der Waals surface area contributed by atoms with E-state index in [1.54, 1.807) is 13.8 Å². The summed E-state index contributed by atoms with van der Waals surface area (Å²) in [5.41, 5.74) is 5.80. The van der Waals surface area contributed by atoms with Gasteiger partial charge in [-0.25, -0.2) is 4.79 Å². The molecule has 0 aromatic rings. The largest absolute Gasteiger partial charge is 0.462 e. The molecule has 0 aliphatic rings. The van der Waals surface area contributed by atoms with Crippen LogP contribution in [0.1, 0.15) is 40.0 Å². The lowest BCUT2D eigenvalue weighted by molar-refractivity contribution is -0.139. The van der Waals surface area contributed by atoms with Crippen molar-refractivity contribution >= 4 is 11.9 Å². The molecule has 15 heavy (non-hydrogen) atoms. The second-order valence-corrected chi connectivity index (χ2v) is 3.31. The fraction of sp³-hybridized carbons (Fsp3) is 0.636. The Kier molecular flexibility index (Phi) is 6.42. The summed E-state index contributed by atoms with van der Waals surface area (Å²) in [7, 11) is 0. The maximum atomic E-state index is 11.4. The van der Waals surface area contributed by atoms with Gasteiger partial charge in [-0.1, -0.05) is 20.3 Å². The van der Waals surface area contributed by atoms with E-state index in [0.29, 0.717) is 24.2 Å². The Balaban J connectivity index is 4.45. The molecular formula is C11H19NO3. The summed E-state index contributed by atoms with van der Waals surface area (Å²) < 4.78 is 4.97. The van der Waals surface area contributed by atoms with Crippen LogP contribution in [0.25, 0.3) is 0 Å². The van der Waals surface area contributed by atoms with Crippen LogP contribution in [-0.4, -0.2) is 18.5 Å². The standard InChI is InChI=1S/C11H19NO3/c1-4-6-7-15-11(14)8(3)9(5-2)10(12)13/h4-7H2,1-3H3,(H2,12,13). The summed E-state index contributed by atoms with van der Waals surface area (Å²) in [6.07, 6.45) is 2.24. The Labute approximate surface area is 90.5 Å². The number of ether oxygens (including phenoxy) is 1. The second-order valence-electron chi connectivity index (χ2n) is 3.31. The van der Waals surface area contributed by atoms with Crippen LogP contribution >= 0.6 is 0 Å². The van der Waals surface area contributed by atoms with Crippen molar-refractivity contribution < 1.29 is 14.3 Å². The molecule has 0 rings (SSSR count). The van der Waals surface area contributed by atoms with Crippen LogP contribution < -0.4 is 5.73 Å². The van der Waals surface area contributed by atoms with Crippen LogP contribution in [0.3, 0.4) is 0 Å². The van der Waals surface area contributed by atoms with E-state index in [0.717, 1.165) is 12.8 Å². The second kappa shape index (κ2) is 7.04. The third-order valence-corrected chi connectivity index (χ3v) is 2.14. The molecule has 1 amide bonds. The van der Waals surface area contributed by atoms with Gasteiger partial charge in [0.05, 0.1) is 6.61 Å². The van der Waals surface area contributed by atoms with Crippen LogP contribution in [0.15, 0.2) is 11.1 Å². The first-order valence-corrected chi connectivity index (χ1v) is 5.21. The Hall–Kier alpha value is -1.32. The number of amides is 1. The lowest BCUT2D eigenvalue weighted by Crippen LogP contribution is -2.19. The molecule has 0 spiro atoms. The molecule has 0 aliphatic carbocycles. The monoisotopic (exact) mass is 213 g/mol. The number of esters is 1. The minimum atomic E-state index is -0.553. The highest BCUT2D eigenvalue weighted by Gasteiger charge is 2.14. The molecular weight excluding hydrogens is 194 g/mol. The average Bonchev–Trinajstić information content (AvgIpc) is 2.18. The Morgan fingerprint density at radius 2 is 1.87 bits per heavy atom. The molecule has 86 valence electrons. The van der Waals surface area contributed by atoms with Gasteiger partial charge < -0.3 is 10.5 Å². The predicted molar refractivity (Wildman–Crippen MR) is 58.1 cm³/mol. The molecule has 0 heterocycles. The van der Waals surface area contributed by atoms with E-state index in [-0.39, 0.29) is 0 Å². The molecule has 0 saturated heterocycles. The predicted octanol–water partition coefficient (Wildman–Crippen LogP) is 1.54. The molecule has 0 aliphatic heterocycles. The molecule has 0 atom stereocenters. The quantitative estimate of drug-likeness (QED) is 0.413. The topological polar surface area (TPSA) is 69.4 Å². The van der Waals surface area contributed by atoms with Crippen molar-refractivity contribution in [1.29, 1.82) is 0 Å². The van der Waals surface area contributed by atoms with E-state index >= 15 is 0 Å². The highest BCUT2D eigenvalue weighted by atomic mass is 16.5. The third kappa shape index (κ3) is 4.63. The number of carbonyl (C=O) groups is 2. The summed E-state index contributed by atoms with van der Waals surface area (Å²) in [5, 5.41) is 0. The zero-order valence-corrected chi connectivity index (χ0v) is 9.63. The SMILES string of the molecule is CCCCOC(=O)C(C)=C(CC)C(N)=O. The van der Waals surface area contributed by atoms with E-state index in [1.807, 2.05) is 6.92 Å². The van der Waals surface area contributed by atoms with E-state index in [4.69, 9.17) is 10.5 Å². The minimum absolute atomic E-state index is 0.320. The molecule has 0 saturated carbocycles. The zero-order valence-electron chi connectivity index (χ0n) is 9.63. The molecule has 0 aromatic heterocycles. The van der Waals surface area contributed by atoms with Crippen LogP contribution in [0.2, 0.25) is 0 Å². The van der Waals surface area contributed by atoms with Gasteiger partial charge in [0.25, 0.3) is 0 Å². The smallest absolute Gasteiger partial charge is 0.334 e. The van der Waals surface area contributed by atoms with Crippen molar-refractivity contribution in [2.24, 2.45) is 5.73 Å². The van der Waals surface area contributed by atoms with E-state index in [9.17, 15) is 9.59 Å². The molecule has 0 radical (unpaired) electrons. The van der Waals surface area contributed by atoms with Gasteiger partial charge in [-0.05, 0) is 19.8 Å². The Bertz CT molecular complexity index is 269. The maximum Gasteiger partial charge on any atom is 0.334 e. The van der Waals surface area contributed by atoms with Gasteiger partial charge in [0.15, 0.2) is 0 Å². The van der Waals surface area contributed by atoms with Crippen LogP contribution in [0.4, 0.5) is 0 Å². The van der Waals surface area contributed by atoms with Crippen LogP contribution in [0, 0.1) is 0 Å². The van der Waals surface area contributed by atoms with Gasteiger partial charge in [0, 0.05) is 11.1 Å². The van der Waals surface area contributed by atoms with Crippen molar-refractivity contribution in [3.05, 3.63) is 11.1 Å². The third-order valence-electron chi connectivity index (χ3n) is 2.14. The highest BCUT2D eigenvalue weighted by molar-refractivity contribution is 6.01. The summed E-state index contributed by atoms with van der Waals surface area (Å²) in [6, 6.07) is 0. The minimum Gasteiger partial charge on any atom is -0.462 e. The van der Waals surface area contributed by atoms with E-state index in [1.165, 1.54) is 0 Å². The average molecular weight is 213 g/mol. The first kappa shape index (κ1) is 13.7. The van der Waals surface area contributed by atoms with E-state index in [2.05, 4.69) is 0 Å². The molecule has 0 unspecified atom stereocenters. The van der Waals surface area contributed by atoms with Crippen molar-refractivity contribution in [3.63, 3.8) is 0 Å². The number of primary amides is 1. The summed E-state index contributed by atoms with van der Waals surface area (Å²) in [6.45, 7) is 5.75. The molecule has 4 nitrogen and oxygen atoms in total. The van der Waals surface area contributed by atoms with Crippen molar-refractivity contribution in [2.75, 3.05) is 6.61 Å². The number of unbranched alkanes of at least 4 members (excludes halogenated alkanes) is 1. The van der Waals surface area contributed by atoms with E-state index < -0.39 is 11.9 Å². The maximum absolute atomic E-state index is 11.4. The number of hydrogen-bond acceptors (Lipinski definition) is 3. The van der Waals surface area contributed by atoms with Crippen molar-refractivity contribution in [1.82, 2.24) is 0 Å². The van der Waals surface area contributed by atoms with Gasteiger partial charge in [-0.15, -0.1) is 0 Å². The summed E-state index contributed by atoms with van der Waals surface area (Å²) in [4.78, 5) is 22.4. The van der Waals surface area contributed by atoms with Crippen LogP contribution in [-0.2, 0) is 14.3 Å². The number of rotatable bonds is 6. The number of carbonyl (C=O) groups excluding carboxylic acids is 2. The van der Waals surface area contributed by atoms with Crippen molar-refractivity contribution in [2.45, 2.75) is 40.0 Å². The van der Waals surface area contributed by atoms with Crippen LogP contribution in [0.5, 0.6) is 0 Å². The van der Waals surface area contributed by atoms with Gasteiger partial charge in [-0.2, -0.15) is 0 Å². The molecule has 4 heteroatoms. The number of nitrogens with two attached hydrogens (primary N) is 1. The molecule has 0 aromatic carbocycles. The summed E-state index contributed by atoms with van der Waals surface area (Å²) in [5.74, 6) is -0.999. The van der Waals surface area contributed by atoms with Gasteiger partial charge in [-0.3, -0.25) is 4.79 Å². The normalized spacial score (nSPS) is 11.9. The Morgan fingerprint density at radius 1 is 1.27 bits per heavy atom. The first-order valence-electron chi connectivity index (χ1n) is 5.21. The zero-order chi connectivity index (χ0) is 11.8. The molecule has 0 fully saturated rings. The molecule has 0 bridgehead atoms.